The number of halogens is 1. The third-order valence-electron chi connectivity index (χ3n) is 4.71. The van der Waals surface area contributed by atoms with Gasteiger partial charge in [-0.05, 0) is 48.7 Å². The molecular formula is C20H19ClN4O. The molecule has 1 aromatic carbocycles. The minimum Gasteiger partial charge on any atom is -0.329 e. The summed E-state index contributed by atoms with van der Waals surface area (Å²) in [5.74, 6) is -0.0186. The number of aromatic nitrogens is 3. The summed E-state index contributed by atoms with van der Waals surface area (Å²) < 4.78 is 0. The van der Waals surface area contributed by atoms with Crippen LogP contribution in [0.2, 0.25) is 5.02 Å². The molecule has 1 fully saturated rings. The van der Waals surface area contributed by atoms with Gasteiger partial charge in [0.15, 0.2) is 0 Å². The molecule has 0 radical (unpaired) electrons. The van der Waals surface area contributed by atoms with Crippen LogP contribution in [0.5, 0.6) is 0 Å². The third kappa shape index (κ3) is 3.48. The van der Waals surface area contributed by atoms with E-state index in [2.05, 4.69) is 10.2 Å². The molecule has 132 valence electrons. The number of hydrogen-bond acceptors (Lipinski definition) is 3. The fraction of sp³-hybridized carbons (Fsp3) is 0.250. The number of likely N-dealkylation sites (tertiary alicyclic amines) is 1. The molecule has 3 heterocycles. The van der Waals surface area contributed by atoms with Crippen LogP contribution in [0, 0.1) is 0 Å². The maximum absolute atomic E-state index is 12.7. The normalized spacial score (nSPS) is 16.8. The number of nitrogens with one attached hydrogen (secondary N) is 1. The number of benzene rings is 1. The van der Waals surface area contributed by atoms with Crippen molar-refractivity contribution in [3.05, 3.63) is 82.4 Å². The van der Waals surface area contributed by atoms with Gasteiger partial charge in [-0.1, -0.05) is 29.8 Å². The van der Waals surface area contributed by atoms with E-state index in [9.17, 15) is 4.79 Å². The summed E-state index contributed by atoms with van der Waals surface area (Å²) in [7, 11) is 0. The molecular weight excluding hydrogens is 348 g/mol. The zero-order chi connectivity index (χ0) is 17.9. The van der Waals surface area contributed by atoms with E-state index in [1.807, 2.05) is 47.4 Å². The van der Waals surface area contributed by atoms with Gasteiger partial charge in [-0.15, -0.1) is 0 Å². The molecule has 0 bridgehead atoms. The van der Waals surface area contributed by atoms with Gasteiger partial charge in [0.1, 0.15) is 5.69 Å². The molecule has 2 aromatic heterocycles. The summed E-state index contributed by atoms with van der Waals surface area (Å²) in [5, 5.41) is 7.37. The Morgan fingerprint density at radius 1 is 1.19 bits per heavy atom. The van der Waals surface area contributed by atoms with E-state index < -0.39 is 0 Å². The predicted octanol–water partition coefficient (Wildman–Crippen LogP) is 4.03. The summed E-state index contributed by atoms with van der Waals surface area (Å²) in [6.07, 6.45) is 4.25. The van der Waals surface area contributed by atoms with Gasteiger partial charge < -0.3 is 4.90 Å². The van der Waals surface area contributed by atoms with Crippen LogP contribution in [0.4, 0.5) is 0 Å². The molecule has 0 aliphatic carbocycles. The molecule has 1 aliphatic rings. The molecule has 1 N–H and O–H groups in total. The lowest BCUT2D eigenvalue weighted by molar-refractivity contribution is 0.0726. The van der Waals surface area contributed by atoms with Crippen LogP contribution in [0.3, 0.4) is 0 Å². The van der Waals surface area contributed by atoms with Crippen LogP contribution >= 0.6 is 11.6 Å². The van der Waals surface area contributed by atoms with E-state index in [0.717, 1.165) is 47.8 Å². The van der Waals surface area contributed by atoms with Gasteiger partial charge >= 0.3 is 0 Å². The SMILES string of the molecule is O=C(c1ccn[nH]1)N1CCCC1c1cccc(Cc2ccc(Cl)cc2)n1. The van der Waals surface area contributed by atoms with Crippen LogP contribution in [0.25, 0.3) is 0 Å². The molecule has 1 atom stereocenters. The Labute approximate surface area is 157 Å². The van der Waals surface area contributed by atoms with E-state index in [4.69, 9.17) is 16.6 Å². The van der Waals surface area contributed by atoms with E-state index in [-0.39, 0.29) is 11.9 Å². The number of rotatable bonds is 4. The summed E-state index contributed by atoms with van der Waals surface area (Å²) in [5.41, 5.74) is 3.62. The molecule has 1 amide bonds. The summed E-state index contributed by atoms with van der Waals surface area (Å²) >= 11 is 5.95. The highest BCUT2D eigenvalue weighted by molar-refractivity contribution is 6.30. The summed E-state index contributed by atoms with van der Waals surface area (Å²) in [6, 6.07) is 15.6. The Kier molecular flexibility index (Phi) is 4.71. The van der Waals surface area contributed by atoms with Crippen LogP contribution in [-0.4, -0.2) is 32.5 Å². The lowest BCUT2D eigenvalue weighted by Crippen LogP contribution is -2.31. The van der Waals surface area contributed by atoms with Crippen molar-refractivity contribution in [2.75, 3.05) is 6.54 Å². The average Bonchev–Trinajstić information content (AvgIpc) is 3.35. The fourth-order valence-electron chi connectivity index (χ4n) is 3.44. The largest absolute Gasteiger partial charge is 0.329 e. The van der Waals surface area contributed by atoms with Gasteiger partial charge in [0.25, 0.3) is 5.91 Å². The molecule has 5 nitrogen and oxygen atoms in total. The number of carbonyl (C=O) groups excluding carboxylic acids is 1. The average molecular weight is 367 g/mol. The van der Waals surface area contributed by atoms with Crippen molar-refractivity contribution in [2.45, 2.75) is 25.3 Å². The molecule has 26 heavy (non-hydrogen) atoms. The topological polar surface area (TPSA) is 61.9 Å². The molecule has 4 rings (SSSR count). The molecule has 1 saturated heterocycles. The van der Waals surface area contributed by atoms with Crippen molar-refractivity contribution in [3.8, 4) is 0 Å². The van der Waals surface area contributed by atoms with Crippen LogP contribution in [0.15, 0.2) is 54.7 Å². The number of H-pyrrole nitrogens is 1. The number of nitrogens with zero attached hydrogens (tertiary/aromatic N) is 3. The van der Waals surface area contributed by atoms with E-state index in [1.54, 1.807) is 12.3 Å². The lowest BCUT2D eigenvalue weighted by Gasteiger charge is -2.24. The second-order valence-corrected chi connectivity index (χ2v) is 6.92. The van der Waals surface area contributed by atoms with Crippen molar-refractivity contribution in [1.29, 1.82) is 0 Å². The molecule has 6 heteroatoms. The standard InChI is InChI=1S/C20H19ClN4O/c21-15-8-6-14(7-9-15)13-16-3-1-4-17(23-16)19-5-2-12-25(19)20(26)18-10-11-22-24-18/h1,3-4,6-11,19H,2,5,12-13H2,(H,22,24). The number of amides is 1. The predicted molar refractivity (Wildman–Crippen MR) is 100 cm³/mol. The molecule has 0 saturated carbocycles. The van der Waals surface area contributed by atoms with Crippen LogP contribution < -0.4 is 0 Å². The highest BCUT2D eigenvalue weighted by Gasteiger charge is 2.32. The maximum Gasteiger partial charge on any atom is 0.272 e. The van der Waals surface area contributed by atoms with E-state index >= 15 is 0 Å². The van der Waals surface area contributed by atoms with Gasteiger partial charge in [-0.2, -0.15) is 5.10 Å². The Balaban J connectivity index is 1.55. The first kappa shape index (κ1) is 16.8. The van der Waals surface area contributed by atoms with E-state index in [0.29, 0.717) is 5.69 Å². The quantitative estimate of drug-likeness (QED) is 0.758. The number of aromatic amines is 1. The monoisotopic (exact) mass is 366 g/mol. The second kappa shape index (κ2) is 7.30. The van der Waals surface area contributed by atoms with E-state index in [1.165, 1.54) is 0 Å². The number of pyridine rings is 1. The summed E-state index contributed by atoms with van der Waals surface area (Å²) in [4.78, 5) is 19.4. The van der Waals surface area contributed by atoms with Crippen molar-refractivity contribution in [2.24, 2.45) is 0 Å². The van der Waals surface area contributed by atoms with Crippen LogP contribution in [0.1, 0.15) is 46.3 Å². The van der Waals surface area contributed by atoms with Gasteiger partial charge in [-0.25, -0.2) is 0 Å². The Hall–Kier alpha value is -2.66. The van der Waals surface area contributed by atoms with Gasteiger partial charge in [-0.3, -0.25) is 14.9 Å². The first-order chi connectivity index (χ1) is 12.7. The van der Waals surface area contributed by atoms with Crippen LogP contribution in [-0.2, 0) is 6.42 Å². The minimum absolute atomic E-state index is 0.0102. The van der Waals surface area contributed by atoms with Crippen molar-refractivity contribution < 1.29 is 4.79 Å². The molecule has 1 unspecified atom stereocenters. The Bertz CT molecular complexity index is 892. The Morgan fingerprint density at radius 3 is 2.81 bits per heavy atom. The zero-order valence-electron chi connectivity index (χ0n) is 14.2. The number of hydrogen-bond donors (Lipinski definition) is 1. The fourth-order valence-corrected chi connectivity index (χ4v) is 3.57. The van der Waals surface area contributed by atoms with Gasteiger partial charge in [0.05, 0.1) is 11.7 Å². The number of carbonyl (C=O) groups is 1. The molecule has 0 spiro atoms. The molecule has 1 aliphatic heterocycles. The minimum atomic E-state index is -0.0186. The first-order valence-corrected chi connectivity index (χ1v) is 9.09. The lowest BCUT2D eigenvalue weighted by atomic mass is 10.1. The third-order valence-corrected chi connectivity index (χ3v) is 4.96. The first-order valence-electron chi connectivity index (χ1n) is 8.71. The van der Waals surface area contributed by atoms with Crippen molar-refractivity contribution >= 4 is 17.5 Å². The molecule has 3 aromatic rings. The van der Waals surface area contributed by atoms with Crippen molar-refractivity contribution in [1.82, 2.24) is 20.1 Å². The van der Waals surface area contributed by atoms with Gasteiger partial charge in [0, 0.05) is 29.9 Å². The highest BCUT2D eigenvalue weighted by Crippen LogP contribution is 2.32. The van der Waals surface area contributed by atoms with Gasteiger partial charge in [0.2, 0.25) is 0 Å². The maximum atomic E-state index is 12.7. The Morgan fingerprint density at radius 2 is 2.04 bits per heavy atom. The highest BCUT2D eigenvalue weighted by atomic mass is 35.5. The smallest absolute Gasteiger partial charge is 0.272 e. The zero-order valence-corrected chi connectivity index (χ0v) is 15.0. The second-order valence-electron chi connectivity index (χ2n) is 6.48. The summed E-state index contributed by atoms with van der Waals surface area (Å²) in [6.45, 7) is 0.742. The van der Waals surface area contributed by atoms with Crippen molar-refractivity contribution in [3.63, 3.8) is 0 Å².